The zero-order chi connectivity index (χ0) is 13.8. The zero-order valence-electron chi connectivity index (χ0n) is 11.0. The maximum absolute atomic E-state index is 12.4. The van der Waals surface area contributed by atoms with Crippen molar-refractivity contribution in [3.63, 3.8) is 0 Å². The molecule has 1 aromatic carbocycles. The van der Waals surface area contributed by atoms with Gasteiger partial charge in [0.05, 0.1) is 0 Å². The Kier molecular flexibility index (Phi) is 4.04. The number of rotatable bonds is 2. The molecule has 0 aliphatic carbocycles. The van der Waals surface area contributed by atoms with E-state index in [4.69, 9.17) is 0 Å². The molecule has 1 saturated heterocycles. The fourth-order valence-corrected chi connectivity index (χ4v) is 2.37. The summed E-state index contributed by atoms with van der Waals surface area (Å²) < 4.78 is 0. The molecule has 1 atom stereocenters. The predicted octanol–water partition coefficient (Wildman–Crippen LogP) is 2.18. The van der Waals surface area contributed by atoms with E-state index in [9.17, 15) is 14.7 Å². The highest BCUT2D eigenvalue weighted by molar-refractivity contribution is 5.94. The number of anilines is 1. The Bertz CT molecular complexity index is 461. The number of hydrogen-bond acceptors (Lipinski definition) is 2. The lowest BCUT2D eigenvalue weighted by molar-refractivity contribution is -0.143. The van der Waals surface area contributed by atoms with Crippen LogP contribution in [0.2, 0.25) is 0 Å². The van der Waals surface area contributed by atoms with Gasteiger partial charge in [-0.25, -0.2) is 9.59 Å². The van der Waals surface area contributed by atoms with Gasteiger partial charge in [-0.15, -0.1) is 0 Å². The number of carboxylic acid groups (broad SMARTS) is 1. The van der Waals surface area contributed by atoms with E-state index in [2.05, 4.69) is 0 Å². The number of benzene rings is 1. The maximum atomic E-state index is 12.4. The largest absolute Gasteiger partial charge is 0.480 e. The molecule has 1 fully saturated rings. The molecule has 1 aliphatic heterocycles. The fourth-order valence-electron chi connectivity index (χ4n) is 2.37. The van der Waals surface area contributed by atoms with Crippen LogP contribution in [0.15, 0.2) is 30.3 Å². The molecule has 0 bridgehead atoms. The second-order valence-corrected chi connectivity index (χ2v) is 4.72. The number of aliphatic carboxylic acids is 1. The summed E-state index contributed by atoms with van der Waals surface area (Å²) >= 11 is 0. The summed E-state index contributed by atoms with van der Waals surface area (Å²) in [6, 6.07) is 8.29. The molecule has 5 heteroatoms. The Morgan fingerprint density at radius 2 is 1.95 bits per heavy atom. The smallest absolute Gasteiger partial charge is 0.326 e. The van der Waals surface area contributed by atoms with Crippen LogP contribution in [0.5, 0.6) is 0 Å². The van der Waals surface area contributed by atoms with Crippen molar-refractivity contribution in [2.24, 2.45) is 0 Å². The summed E-state index contributed by atoms with van der Waals surface area (Å²) in [5.74, 6) is -0.922. The summed E-state index contributed by atoms with van der Waals surface area (Å²) in [4.78, 5) is 26.6. The van der Waals surface area contributed by atoms with Crippen LogP contribution in [0.4, 0.5) is 10.5 Å². The number of carboxylic acids is 1. The first kappa shape index (κ1) is 13.4. The van der Waals surface area contributed by atoms with Gasteiger partial charge in [-0.3, -0.25) is 4.90 Å². The van der Waals surface area contributed by atoms with Gasteiger partial charge >= 0.3 is 12.0 Å². The molecule has 19 heavy (non-hydrogen) atoms. The van der Waals surface area contributed by atoms with Crippen molar-refractivity contribution in [1.29, 1.82) is 0 Å². The highest BCUT2D eigenvalue weighted by Crippen LogP contribution is 2.21. The zero-order valence-corrected chi connectivity index (χ0v) is 11.0. The first-order valence-corrected chi connectivity index (χ1v) is 6.43. The lowest BCUT2D eigenvalue weighted by Crippen LogP contribution is -2.52. The van der Waals surface area contributed by atoms with Crippen molar-refractivity contribution in [3.05, 3.63) is 30.3 Å². The molecule has 0 radical (unpaired) electrons. The van der Waals surface area contributed by atoms with E-state index in [0.717, 1.165) is 18.5 Å². The predicted molar refractivity (Wildman–Crippen MR) is 72.2 cm³/mol. The third kappa shape index (κ3) is 2.86. The van der Waals surface area contributed by atoms with Crippen LogP contribution in [-0.2, 0) is 4.79 Å². The van der Waals surface area contributed by atoms with E-state index >= 15 is 0 Å². The number of amides is 2. The second-order valence-electron chi connectivity index (χ2n) is 4.72. The lowest BCUT2D eigenvalue weighted by Gasteiger charge is -2.35. The summed E-state index contributed by atoms with van der Waals surface area (Å²) in [5, 5.41) is 9.20. The Labute approximate surface area is 112 Å². The topological polar surface area (TPSA) is 60.9 Å². The summed E-state index contributed by atoms with van der Waals surface area (Å²) in [5.41, 5.74) is 0.766. The Morgan fingerprint density at radius 1 is 1.26 bits per heavy atom. The summed E-state index contributed by atoms with van der Waals surface area (Å²) in [7, 11) is 1.67. The van der Waals surface area contributed by atoms with E-state index in [0.29, 0.717) is 13.0 Å². The number of urea groups is 1. The summed E-state index contributed by atoms with van der Waals surface area (Å²) in [6.07, 6.45) is 2.25. The van der Waals surface area contributed by atoms with Crippen molar-refractivity contribution in [1.82, 2.24) is 4.90 Å². The van der Waals surface area contributed by atoms with Crippen LogP contribution in [0.3, 0.4) is 0 Å². The highest BCUT2D eigenvalue weighted by Gasteiger charge is 2.33. The molecular weight excluding hydrogens is 244 g/mol. The number of piperidine rings is 1. The molecule has 0 spiro atoms. The average Bonchev–Trinajstić information content (AvgIpc) is 2.46. The van der Waals surface area contributed by atoms with Crippen molar-refractivity contribution in [3.8, 4) is 0 Å². The van der Waals surface area contributed by atoms with Gasteiger partial charge in [0.2, 0.25) is 0 Å². The number of carbonyl (C=O) groups excluding carboxylic acids is 1. The Balaban J connectivity index is 2.15. The van der Waals surface area contributed by atoms with Gasteiger partial charge in [-0.1, -0.05) is 18.2 Å². The number of likely N-dealkylation sites (tertiary alicyclic amines) is 1. The first-order chi connectivity index (χ1) is 9.11. The van der Waals surface area contributed by atoms with Crippen LogP contribution in [0.25, 0.3) is 0 Å². The molecule has 2 rings (SSSR count). The molecule has 1 aliphatic rings. The van der Waals surface area contributed by atoms with Crippen molar-refractivity contribution in [2.45, 2.75) is 25.3 Å². The highest BCUT2D eigenvalue weighted by atomic mass is 16.4. The molecule has 1 N–H and O–H groups in total. The van der Waals surface area contributed by atoms with E-state index in [-0.39, 0.29) is 6.03 Å². The van der Waals surface area contributed by atoms with E-state index in [1.165, 1.54) is 9.80 Å². The van der Waals surface area contributed by atoms with Crippen LogP contribution in [0, 0.1) is 0 Å². The van der Waals surface area contributed by atoms with Gasteiger partial charge in [0, 0.05) is 19.3 Å². The van der Waals surface area contributed by atoms with Gasteiger partial charge in [-0.2, -0.15) is 0 Å². The number of para-hydroxylation sites is 1. The van der Waals surface area contributed by atoms with Gasteiger partial charge in [-0.05, 0) is 31.4 Å². The van der Waals surface area contributed by atoms with Crippen LogP contribution < -0.4 is 4.90 Å². The summed E-state index contributed by atoms with van der Waals surface area (Å²) in [6.45, 7) is 0.507. The van der Waals surface area contributed by atoms with Gasteiger partial charge in [0.25, 0.3) is 0 Å². The van der Waals surface area contributed by atoms with Crippen LogP contribution in [-0.4, -0.2) is 41.6 Å². The second kappa shape index (κ2) is 5.73. The monoisotopic (exact) mass is 262 g/mol. The minimum absolute atomic E-state index is 0.252. The lowest BCUT2D eigenvalue weighted by atomic mass is 10.0. The molecule has 5 nitrogen and oxygen atoms in total. The molecule has 1 heterocycles. The Morgan fingerprint density at radius 3 is 2.58 bits per heavy atom. The maximum Gasteiger partial charge on any atom is 0.326 e. The first-order valence-electron chi connectivity index (χ1n) is 6.43. The molecular formula is C14H18N2O3. The van der Waals surface area contributed by atoms with Crippen LogP contribution in [0.1, 0.15) is 19.3 Å². The van der Waals surface area contributed by atoms with E-state index < -0.39 is 12.0 Å². The quantitative estimate of drug-likeness (QED) is 0.888. The number of hydrogen-bond donors (Lipinski definition) is 1. The number of carbonyl (C=O) groups is 2. The fraction of sp³-hybridized carbons (Fsp3) is 0.429. The standard InChI is InChI=1S/C14H18N2O3/c1-15(11-7-3-2-4-8-11)14(19)16-10-6-5-9-12(16)13(17)18/h2-4,7-8,12H,5-6,9-10H2,1H3,(H,17,18). The Hall–Kier alpha value is -2.04. The normalized spacial score (nSPS) is 19.0. The average molecular weight is 262 g/mol. The minimum atomic E-state index is -0.922. The van der Waals surface area contributed by atoms with Gasteiger partial charge in [0.1, 0.15) is 6.04 Å². The molecule has 1 unspecified atom stereocenters. The third-order valence-corrected chi connectivity index (χ3v) is 3.46. The van der Waals surface area contributed by atoms with Crippen molar-refractivity contribution < 1.29 is 14.7 Å². The molecule has 0 aromatic heterocycles. The molecule has 2 amide bonds. The van der Waals surface area contributed by atoms with Crippen LogP contribution >= 0.6 is 0 Å². The molecule has 102 valence electrons. The molecule has 0 saturated carbocycles. The van der Waals surface area contributed by atoms with Gasteiger partial charge < -0.3 is 10.0 Å². The SMILES string of the molecule is CN(C(=O)N1CCCCC1C(=O)O)c1ccccc1. The number of nitrogens with zero attached hydrogens (tertiary/aromatic N) is 2. The van der Waals surface area contributed by atoms with E-state index in [1.54, 1.807) is 7.05 Å². The van der Waals surface area contributed by atoms with Gasteiger partial charge in [0.15, 0.2) is 0 Å². The molecule has 1 aromatic rings. The van der Waals surface area contributed by atoms with Crippen molar-refractivity contribution in [2.75, 3.05) is 18.5 Å². The minimum Gasteiger partial charge on any atom is -0.480 e. The van der Waals surface area contributed by atoms with Crippen molar-refractivity contribution >= 4 is 17.7 Å². The third-order valence-electron chi connectivity index (χ3n) is 3.46. The van der Waals surface area contributed by atoms with E-state index in [1.807, 2.05) is 30.3 Å².